The van der Waals surface area contributed by atoms with Crippen LogP contribution >= 0.6 is 0 Å². The van der Waals surface area contributed by atoms with E-state index in [1.54, 1.807) is 32.6 Å². The number of ether oxygens (including phenoxy) is 2. The summed E-state index contributed by atoms with van der Waals surface area (Å²) in [5.41, 5.74) is 2.71. The Kier molecular flexibility index (Phi) is 4.75. The Labute approximate surface area is 145 Å². The number of aromatic nitrogens is 2. The van der Waals surface area contributed by atoms with Gasteiger partial charge >= 0.3 is 0 Å². The zero-order valence-electron chi connectivity index (χ0n) is 14.3. The van der Waals surface area contributed by atoms with Crippen LogP contribution in [-0.4, -0.2) is 30.0 Å². The summed E-state index contributed by atoms with van der Waals surface area (Å²) in [5, 5.41) is 0.843. The Morgan fingerprint density at radius 2 is 1.88 bits per heavy atom. The molecule has 0 bridgehead atoms. The van der Waals surface area contributed by atoms with Gasteiger partial charge in [0, 0.05) is 17.1 Å². The maximum absolute atomic E-state index is 12.6. The zero-order chi connectivity index (χ0) is 17.8. The molecule has 0 aliphatic carbocycles. The average molecular weight is 334 g/mol. The Morgan fingerprint density at radius 3 is 2.64 bits per heavy atom. The largest absolute Gasteiger partial charge is 0.493 e. The summed E-state index contributed by atoms with van der Waals surface area (Å²) in [4.78, 5) is 21.2. The van der Waals surface area contributed by atoms with Crippen molar-refractivity contribution in [3.05, 3.63) is 65.5 Å². The lowest BCUT2D eigenvalue weighted by Gasteiger charge is -2.07. The van der Waals surface area contributed by atoms with Gasteiger partial charge in [0.1, 0.15) is 0 Å². The summed E-state index contributed by atoms with van der Waals surface area (Å²) in [5.74, 6) is 1.16. The van der Waals surface area contributed by atoms with E-state index < -0.39 is 0 Å². The summed E-state index contributed by atoms with van der Waals surface area (Å²) in [6.07, 6.45) is 4.97. The van der Waals surface area contributed by atoms with Gasteiger partial charge in [-0.25, -0.2) is 9.97 Å². The average Bonchev–Trinajstić information content (AvgIpc) is 2.65. The number of carbonyl (C=O) groups excluding carboxylic acids is 1. The molecular weight excluding hydrogens is 316 g/mol. The third-order valence-corrected chi connectivity index (χ3v) is 3.88. The SMILES string of the molecule is COc1ccc(/C=C/C(=O)c2cc3cccnc3nc2C)cc1OC. The minimum Gasteiger partial charge on any atom is -0.493 e. The van der Waals surface area contributed by atoms with Crippen LogP contribution in [0.2, 0.25) is 0 Å². The molecule has 0 aliphatic heterocycles. The third-order valence-electron chi connectivity index (χ3n) is 3.88. The quantitative estimate of drug-likeness (QED) is 0.524. The van der Waals surface area contributed by atoms with E-state index in [9.17, 15) is 4.79 Å². The molecule has 0 radical (unpaired) electrons. The van der Waals surface area contributed by atoms with E-state index in [0.29, 0.717) is 28.4 Å². The molecule has 0 saturated heterocycles. The number of rotatable bonds is 5. The maximum Gasteiger partial charge on any atom is 0.187 e. The van der Waals surface area contributed by atoms with Gasteiger partial charge in [-0.05, 0) is 48.9 Å². The second-order valence-corrected chi connectivity index (χ2v) is 5.48. The van der Waals surface area contributed by atoms with Crippen molar-refractivity contribution in [1.29, 1.82) is 0 Å². The molecule has 0 N–H and O–H groups in total. The highest BCUT2D eigenvalue weighted by Gasteiger charge is 2.10. The monoisotopic (exact) mass is 334 g/mol. The van der Waals surface area contributed by atoms with Crippen molar-refractivity contribution in [2.24, 2.45) is 0 Å². The van der Waals surface area contributed by atoms with Crippen molar-refractivity contribution in [2.45, 2.75) is 6.92 Å². The lowest BCUT2D eigenvalue weighted by molar-refractivity contribution is 0.104. The normalized spacial score (nSPS) is 11.0. The van der Waals surface area contributed by atoms with Gasteiger partial charge in [-0.2, -0.15) is 0 Å². The molecule has 5 nitrogen and oxygen atoms in total. The van der Waals surface area contributed by atoms with E-state index in [4.69, 9.17) is 9.47 Å². The lowest BCUT2D eigenvalue weighted by atomic mass is 10.1. The van der Waals surface area contributed by atoms with E-state index >= 15 is 0 Å². The standard InChI is InChI=1S/C20H18N2O3/c1-13-16(12-15-5-4-10-21-20(15)22-13)17(23)8-6-14-7-9-18(24-2)19(11-14)25-3/h4-12H,1-3H3/b8-6+. The van der Waals surface area contributed by atoms with Gasteiger partial charge in [-0.1, -0.05) is 12.1 Å². The van der Waals surface area contributed by atoms with Crippen LogP contribution in [0.1, 0.15) is 21.6 Å². The minimum atomic E-state index is -0.106. The smallest absolute Gasteiger partial charge is 0.187 e. The summed E-state index contributed by atoms with van der Waals surface area (Å²) >= 11 is 0. The van der Waals surface area contributed by atoms with Crippen LogP contribution in [0.25, 0.3) is 17.1 Å². The van der Waals surface area contributed by atoms with E-state index in [0.717, 1.165) is 10.9 Å². The fraction of sp³-hybridized carbons (Fsp3) is 0.150. The van der Waals surface area contributed by atoms with Crippen molar-refractivity contribution >= 4 is 22.9 Å². The Morgan fingerprint density at radius 1 is 1.08 bits per heavy atom. The van der Waals surface area contributed by atoms with Crippen LogP contribution in [-0.2, 0) is 0 Å². The number of methoxy groups -OCH3 is 2. The van der Waals surface area contributed by atoms with E-state index in [-0.39, 0.29) is 5.78 Å². The van der Waals surface area contributed by atoms with Crippen LogP contribution in [0.15, 0.2) is 48.7 Å². The minimum absolute atomic E-state index is 0.106. The van der Waals surface area contributed by atoms with Crippen molar-refractivity contribution in [3.63, 3.8) is 0 Å². The molecule has 25 heavy (non-hydrogen) atoms. The number of pyridine rings is 2. The molecule has 0 saturated carbocycles. The fourth-order valence-electron chi connectivity index (χ4n) is 2.56. The number of benzene rings is 1. The van der Waals surface area contributed by atoms with Crippen molar-refractivity contribution in [1.82, 2.24) is 9.97 Å². The molecular formula is C20H18N2O3. The molecule has 2 heterocycles. The predicted molar refractivity (Wildman–Crippen MR) is 97.2 cm³/mol. The van der Waals surface area contributed by atoms with Crippen molar-refractivity contribution in [3.8, 4) is 11.5 Å². The molecule has 1 aromatic carbocycles. The molecule has 0 aliphatic rings. The van der Waals surface area contributed by atoms with E-state index in [1.807, 2.05) is 37.3 Å². The molecule has 0 unspecified atom stereocenters. The van der Waals surface area contributed by atoms with Crippen LogP contribution in [0.5, 0.6) is 11.5 Å². The highest BCUT2D eigenvalue weighted by molar-refractivity contribution is 6.08. The first kappa shape index (κ1) is 16.6. The second kappa shape index (κ2) is 7.13. The molecule has 0 fully saturated rings. The number of allylic oxidation sites excluding steroid dienone is 1. The van der Waals surface area contributed by atoms with E-state index in [1.165, 1.54) is 6.08 Å². The summed E-state index contributed by atoms with van der Waals surface area (Å²) in [6.45, 7) is 1.81. The number of nitrogens with zero attached hydrogens (tertiary/aromatic N) is 2. The number of aryl methyl sites for hydroxylation is 1. The van der Waals surface area contributed by atoms with Crippen LogP contribution in [0, 0.1) is 6.92 Å². The molecule has 126 valence electrons. The highest BCUT2D eigenvalue weighted by Crippen LogP contribution is 2.28. The number of ketones is 1. The number of carbonyl (C=O) groups is 1. The van der Waals surface area contributed by atoms with Crippen molar-refractivity contribution < 1.29 is 14.3 Å². The summed E-state index contributed by atoms with van der Waals surface area (Å²) in [6, 6.07) is 11.0. The van der Waals surface area contributed by atoms with E-state index in [2.05, 4.69) is 9.97 Å². The first-order valence-electron chi connectivity index (χ1n) is 7.79. The number of hydrogen-bond donors (Lipinski definition) is 0. The van der Waals surface area contributed by atoms with Gasteiger partial charge in [-0.3, -0.25) is 4.79 Å². The molecule has 0 amide bonds. The van der Waals surface area contributed by atoms with Gasteiger partial charge in [0.15, 0.2) is 22.9 Å². The Bertz CT molecular complexity index is 964. The Hall–Kier alpha value is -3.21. The third kappa shape index (κ3) is 3.50. The van der Waals surface area contributed by atoms with Gasteiger partial charge in [0.25, 0.3) is 0 Å². The molecule has 3 aromatic rings. The fourth-order valence-corrected chi connectivity index (χ4v) is 2.56. The lowest BCUT2D eigenvalue weighted by Crippen LogP contribution is -2.01. The number of fused-ring (bicyclic) bond motifs is 1. The predicted octanol–water partition coefficient (Wildman–Crippen LogP) is 3.85. The Balaban J connectivity index is 1.89. The zero-order valence-corrected chi connectivity index (χ0v) is 14.3. The highest BCUT2D eigenvalue weighted by atomic mass is 16.5. The maximum atomic E-state index is 12.6. The first-order valence-corrected chi connectivity index (χ1v) is 7.79. The second-order valence-electron chi connectivity index (χ2n) is 5.48. The number of hydrogen-bond acceptors (Lipinski definition) is 5. The first-order chi connectivity index (χ1) is 12.1. The van der Waals surface area contributed by atoms with Crippen molar-refractivity contribution in [2.75, 3.05) is 14.2 Å². The van der Waals surface area contributed by atoms with Gasteiger partial charge in [-0.15, -0.1) is 0 Å². The molecule has 0 atom stereocenters. The van der Waals surface area contributed by atoms with Crippen LogP contribution in [0.4, 0.5) is 0 Å². The summed E-state index contributed by atoms with van der Waals surface area (Å²) in [7, 11) is 3.16. The van der Waals surface area contributed by atoms with Crippen LogP contribution in [0.3, 0.4) is 0 Å². The van der Waals surface area contributed by atoms with Gasteiger partial charge in [0.05, 0.1) is 19.9 Å². The summed E-state index contributed by atoms with van der Waals surface area (Å²) < 4.78 is 10.5. The molecule has 0 spiro atoms. The van der Waals surface area contributed by atoms with Gasteiger partial charge < -0.3 is 9.47 Å². The molecule has 2 aromatic heterocycles. The van der Waals surface area contributed by atoms with Gasteiger partial charge in [0.2, 0.25) is 0 Å². The van der Waals surface area contributed by atoms with Crippen LogP contribution < -0.4 is 9.47 Å². The molecule has 3 rings (SSSR count). The molecule has 5 heteroatoms. The topological polar surface area (TPSA) is 61.3 Å².